The van der Waals surface area contributed by atoms with Gasteiger partial charge in [-0.2, -0.15) is 0 Å². The molecule has 0 saturated heterocycles. The van der Waals surface area contributed by atoms with Crippen molar-refractivity contribution in [3.8, 4) is 0 Å². The summed E-state index contributed by atoms with van der Waals surface area (Å²) < 4.78 is 0. The minimum absolute atomic E-state index is 0. The average Bonchev–Trinajstić information content (AvgIpc) is 1.38. The maximum absolute atomic E-state index is 9.59. The Labute approximate surface area is 177 Å². The van der Waals surface area contributed by atoms with Crippen molar-refractivity contribution in [2.75, 3.05) is 7.05 Å². The Kier molecular flexibility index (Phi) is 295. The van der Waals surface area contributed by atoms with E-state index in [2.05, 4.69) is 12.2 Å². The monoisotopic (exact) mass is 1400 g/mol. The van der Waals surface area contributed by atoms with Gasteiger partial charge in [-0.1, -0.05) is 0 Å². The Morgan fingerprint density at radius 1 is 0.923 bits per heavy atom. The molecule has 7 radical (unpaired) electrons. The van der Waals surface area contributed by atoms with Crippen LogP contribution in [0, 0.1) is 14.4 Å². The average molecular weight is 1390 g/mol. The molecule has 0 aliphatic rings. The minimum atomic E-state index is -0.245. The summed E-state index contributed by atoms with van der Waals surface area (Å²) >= 11 is 0. The molecule has 0 saturated carbocycles. The van der Waals surface area contributed by atoms with Gasteiger partial charge in [0.1, 0.15) is 0 Å². The molecule has 0 rings (SSSR count). The zero-order valence-corrected chi connectivity index (χ0v) is 25.8. The van der Waals surface area contributed by atoms with Crippen LogP contribution in [0.15, 0.2) is 0 Å². The predicted molar refractivity (Wildman–Crippen MR) is 25.8 cm³/mol. The first-order valence-corrected chi connectivity index (χ1v) is 1.31. The molecule has 0 heterocycles. The summed E-state index contributed by atoms with van der Waals surface area (Å²) in [6.07, 6.45) is 0. The van der Waals surface area contributed by atoms with Crippen molar-refractivity contribution in [2.45, 2.75) is 0 Å². The van der Waals surface area contributed by atoms with E-state index in [1.54, 1.807) is 0 Å². The van der Waals surface area contributed by atoms with Gasteiger partial charge in [-0.3, -0.25) is 0 Å². The van der Waals surface area contributed by atoms with Gasteiger partial charge >= 0.3 is 0 Å². The van der Waals surface area contributed by atoms with Crippen LogP contribution in [0.2, 0.25) is 0 Å². The van der Waals surface area contributed by atoms with Gasteiger partial charge in [-0.05, 0) is 0 Å². The molecule has 1 amide bonds. The second-order valence-corrected chi connectivity index (χ2v) is 0.673. The van der Waals surface area contributed by atoms with Gasteiger partial charge in [0.25, 0.3) is 0 Å². The van der Waals surface area contributed by atoms with Gasteiger partial charge in [0.2, 0.25) is 0 Å². The molecule has 1 N–H and O–H groups in total. The van der Waals surface area contributed by atoms with E-state index in [1.807, 2.05) is 0 Å². The van der Waals surface area contributed by atoms with Crippen LogP contribution in [-0.2, 0) is 148 Å². The fourth-order valence-corrected chi connectivity index (χ4v) is 0. The van der Waals surface area contributed by atoms with Gasteiger partial charge in [0.15, 0.2) is 0 Å². The van der Waals surface area contributed by atoms with E-state index in [1.165, 1.54) is 7.05 Å². The summed E-state index contributed by atoms with van der Waals surface area (Å²) in [5.41, 5.74) is 0. The Balaban J connectivity index is -0.00000000286. The second-order valence-electron chi connectivity index (χ2n) is 0.673. The summed E-state index contributed by atoms with van der Waals surface area (Å²) in [6, 6.07) is 0. The first-order valence-electron chi connectivity index (χ1n) is 1.31. The smallest absolute Gasteiger partial charge is 0.0794 e. The Bertz CT molecular complexity index is 55.8. The van der Waals surface area contributed by atoms with E-state index < -0.39 is 0 Å². The molecule has 9 heteroatoms. The normalized spacial score (nSPS) is 2.54. The minimum Gasteiger partial charge on any atom is -0.384 e. The van der Waals surface area contributed by atoms with Gasteiger partial charge in [0.05, 0.1) is 5.91 Å². The summed E-state index contributed by atoms with van der Waals surface area (Å²) in [6.45, 7) is 3.01. The van der Waals surface area contributed by atoms with Crippen LogP contribution >= 0.6 is 0 Å². The topological polar surface area (TPSA) is 29.1 Å². The quantitative estimate of drug-likeness (QED) is 0.341. The summed E-state index contributed by atoms with van der Waals surface area (Å²) in [4.78, 5) is 9.59. The molecular formula is C4H9NORe7-2. The fourth-order valence-electron chi connectivity index (χ4n) is 0. The second kappa shape index (κ2) is 56.3. The number of carbonyl (C=O) groups excluding carboxylic acids is 1. The summed E-state index contributed by atoms with van der Waals surface area (Å²) in [5, 5.41) is 2.28. The third-order valence-electron chi connectivity index (χ3n) is 0.279. The van der Waals surface area contributed by atoms with Crippen molar-refractivity contribution in [1.29, 1.82) is 0 Å². The molecule has 0 atom stereocenters. The third kappa shape index (κ3) is 87.4. The van der Waals surface area contributed by atoms with Crippen LogP contribution in [-0.4, -0.2) is 13.0 Å². The maximum Gasteiger partial charge on any atom is 0.0794 e. The van der Waals surface area contributed by atoms with Crippen LogP contribution in [0.5, 0.6) is 0 Å². The molecule has 0 aliphatic carbocycles. The van der Waals surface area contributed by atoms with E-state index in [-0.39, 0.29) is 156 Å². The molecule has 0 bridgehead atoms. The zero-order chi connectivity index (χ0) is 4.28. The van der Waals surface area contributed by atoms with Crippen molar-refractivity contribution >= 4 is 5.91 Å². The molecule has 0 aromatic carbocycles. The van der Waals surface area contributed by atoms with E-state index >= 15 is 0 Å². The first kappa shape index (κ1) is 68.1. The number of carbonyl (C=O) groups is 1. The molecule has 2 nitrogen and oxygen atoms in total. The van der Waals surface area contributed by atoms with Crippen molar-refractivity contribution in [3.63, 3.8) is 0 Å². The van der Waals surface area contributed by atoms with Gasteiger partial charge in [-0.15, -0.1) is 0 Å². The van der Waals surface area contributed by atoms with Crippen molar-refractivity contribution in [2.24, 2.45) is 0 Å². The fraction of sp³-hybridized carbons (Fsp3) is 0.250. The Morgan fingerprint density at radius 2 is 1.00 bits per heavy atom. The molecule has 0 aliphatic heterocycles. The number of amides is 1. The maximum atomic E-state index is 9.59. The van der Waals surface area contributed by atoms with Crippen LogP contribution < -0.4 is 5.32 Å². The van der Waals surface area contributed by atoms with Crippen molar-refractivity contribution < 1.29 is 148 Å². The van der Waals surface area contributed by atoms with Crippen LogP contribution in [0.25, 0.3) is 0 Å². The predicted octanol–water partition coefficient (Wildman–Crippen LogP) is -0.000720. The largest absolute Gasteiger partial charge is 0.384 e. The molecule has 0 spiro atoms. The van der Waals surface area contributed by atoms with Gasteiger partial charge in [-0.25, -0.2) is 0 Å². The summed E-state index contributed by atoms with van der Waals surface area (Å²) in [5.74, 6) is -0.245. The number of nitrogens with one attached hydrogen (secondary N) is 1. The molecular weight excluding hydrogens is 1380 g/mol. The van der Waals surface area contributed by atoms with Crippen LogP contribution in [0.1, 0.15) is 0 Å². The first-order chi connectivity index (χ1) is 2.27. The number of hydrogen-bond donors (Lipinski definition) is 1. The Morgan fingerprint density at radius 3 is 1.00 bits per heavy atom. The van der Waals surface area contributed by atoms with Crippen LogP contribution in [0.3, 0.4) is 0 Å². The molecule has 0 aromatic rings. The molecule has 87 valence electrons. The van der Waals surface area contributed by atoms with Gasteiger partial charge < -0.3 is 24.5 Å². The van der Waals surface area contributed by atoms with E-state index in [0.29, 0.717) is 0 Å². The van der Waals surface area contributed by atoms with E-state index in [4.69, 9.17) is 0 Å². The Hall–Kier alpha value is 3.98. The molecule has 0 unspecified atom stereocenters. The van der Waals surface area contributed by atoms with E-state index in [9.17, 15) is 4.79 Å². The molecule has 0 aromatic heterocycles. The zero-order valence-electron chi connectivity index (χ0n) is 6.76. The van der Waals surface area contributed by atoms with Crippen LogP contribution in [0.4, 0.5) is 0 Å². The summed E-state index contributed by atoms with van der Waals surface area (Å²) in [7, 11) is 1.54. The molecule has 0 fully saturated rings. The number of rotatable bonds is 0. The van der Waals surface area contributed by atoms with E-state index in [0.717, 1.165) is 0 Å². The third-order valence-corrected chi connectivity index (χ3v) is 0.279. The molecule has 13 heavy (non-hydrogen) atoms. The number of hydrogen-bond acceptors (Lipinski definition) is 1. The van der Waals surface area contributed by atoms with Crippen molar-refractivity contribution in [1.82, 2.24) is 5.32 Å². The van der Waals surface area contributed by atoms with Gasteiger partial charge in [0, 0.05) is 150 Å². The van der Waals surface area contributed by atoms with Crippen molar-refractivity contribution in [3.05, 3.63) is 14.4 Å². The standard InChI is InChI=1S/C3H6NO.CH3.7Re/c1-3(5)4-2;;;;;;;;/h1H2,2H3,(H,4,5);1H3;;;;;;;/q2*-1;;;;;;;. The SMILES string of the molecule is [CH2-]C(=O)NC.[CH3-].[Re].[Re].[Re].[Re].[Re].[Re].[Re].